The van der Waals surface area contributed by atoms with Crippen molar-refractivity contribution in [3.63, 3.8) is 0 Å². The van der Waals surface area contributed by atoms with Crippen LogP contribution < -0.4 is 5.32 Å². The van der Waals surface area contributed by atoms with E-state index in [1.165, 1.54) is 25.3 Å². The monoisotopic (exact) mass is 566 g/mol. The number of hydrogen-bond acceptors (Lipinski definition) is 6. The largest absolute Gasteiger partial charge is 0.490 e. The lowest BCUT2D eigenvalue weighted by molar-refractivity contribution is -0.135. The Balaban J connectivity index is 1.75. The van der Waals surface area contributed by atoms with Crippen molar-refractivity contribution < 1.29 is 28.6 Å². The number of rotatable bonds is 11. The summed E-state index contributed by atoms with van der Waals surface area (Å²) in [7, 11) is 1.20. The smallest absolute Gasteiger partial charge is 0.371 e. The maximum absolute atomic E-state index is 15.1. The van der Waals surface area contributed by atoms with E-state index in [-0.39, 0.29) is 38.7 Å². The first-order chi connectivity index (χ1) is 17.6. The van der Waals surface area contributed by atoms with E-state index in [0.717, 1.165) is 17.8 Å². The fourth-order valence-electron chi connectivity index (χ4n) is 3.21. The Labute approximate surface area is 227 Å². The van der Waals surface area contributed by atoms with Crippen LogP contribution in [-0.2, 0) is 20.9 Å². The van der Waals surface area contributed by atoms with E-state index in [0.29, 0.717) is 29.3 Å². The molecule has 0 aliphatic heterocycles. The van der Waals surface area contributed by atoms with Gasteiger partial charge in [-0.25, -0.2) is 14.2 Å². The molecule has 0 bridgehead atoms. The second-order valence-electron chi connectivity index (χ2n) is 8.38. The molecule has 1 amide bonds. The molecule has 0 fully saturated rings. The molecule has 0 aliphatic rings. The first-order valence-corrected chi connectivity index (χ1v) is 12.8. The molecule has 1 aromatic heterocycles. The Kier molecular flexibility index (Phi) is 10.0. The van der Waals surface area contributed by atoms with Crippen LogP contribution in [0.15, 0.2) is 41.5 Å². The SMILES string of the molecule is CO/C(=C/c1c(Cl)cc(C(=O)Nc2nc(-c3cccc(COCCC(C)C)c3F)cs2)cc1Cl)C(=O)O. The van der Waals surface area contributed by atoms with Gasteiger partial charge in [0.2, 0.25) is 5.76 Å². The van der Waals surface area contributed by atoms with E-state index < -0.39 is 17.7 Å². The molecule has 0 aliphatic carbocycles. The minimum Gasteiger partial charge on any atom is -0.490 e. The van der Waals surface area contributed by atoms with Crippen molar-refractivity contribution in [2.75, 3.05) is 19.0 Å². The second kappa shape index (κ2) is 13.0. The van der Waals surface area contributed by atoms with Gasteiger partial charge in [-0.1, -0.05) is 49.2 Å². The summed E-state index contributed by atoms with van der Waals surface area (Å²) in [5.41, 5.74) is 1.43. The number of methoxy groups -OCH3 is 1. The highest BCUT2D eigenvalue weighted by Crippen LogP contribution is 2.31. The number of aliphatic carboxylic acids is 1. The molecule has 0 unspecified atom stereocenters. The van der Waals surface area contributed by atoms with E-state index >= 15 is 4.39 Å². The van der Waals surface area contributed by atoms with Gasteiger partial charge in [0.05, 0.1) is 29.5 Å². The molecule has 0 atom stereocenters. The van der Waals surface area contributed by atoms with E-state index in [9.17, 15) is 9.59 Å². The lowest BCUT2D eigenvalue weighted by Gasteiger charge is -2.09. The molecule has 3 rings (SSSR count). The first kappa shape index (κ1) is 28.6. The molecule has 7 nitrogen and oxygen atoms in total. The predicted molar refractivity (Wildman–Crippen MR) is 144 cm³/mol. The Hall–Kier alpha value is -2.98. The van der Waals surface area contributed by atoms with Gasteiger partial charge in [0.15, 0.2) is 5.13 Å². The number of hydrogen-bond donors (Lipinski definition) is 2. The van der Waals surface area contributed by atoms with Gasteiger partial charge in [0.25, 0.3) is 5.91 Å². The number of thiazole rings is 1. The van der Waals surface area contributed by atoms with Crippen LogP contribution in [0.4, 0.5) is 9.52 Å². The maximum atomic E-state index is 15.1. The zero-order valence-electron chi connectivity index (χ0n) is 20.3. The number of carbonyl (C=O) groups excluding carboxylic acids is 1. The number of carboxylic acid groups (broad SMARTS) is 1. The Bertz CT molecular complexity index is 1300. The average molecular weight is 567 g/mol. The van der Waals surface area contributed by atoms with Crippen molar-refractivity contribution in [1.82, 2.24) is 4.98 Å². The van der Waals surface area contributed by atoms with Crippen LogP contribution in [0.25, 0.3) is 17.3 Å². The quantitative estimate of drug-likeness (QED) is 0.145. The number of nitrogens with one attached hydrogen (secondary N) is 1. The summed E-state index contributed by atoms with van der Waals surface area (Å²) in [6.07, 6.45) is 2.06. The summed E-state index contributed by atoms with van der Waals surface area (Å²) in [5, 5.41) is 13.8. The van der Waals surface area contributed by atoms with Gasteiger partial charge in [-0.3, -0.25) is 10.1 Å². The van der Waals surface area contributed by atoms with Crippen LogP contribution in [0.5, 0.6) is 0 Å². The first-order valence-electron chi connectivity index (χ1n) is 11.2. The number of amides is 1. The standard InChI is InChI=1S/C26H25Cl2FN2O5S/c1-14(2)7-8-36-12-15-5-4-6-17(23(15)29)21-13-37-26(30-21)31-24(32)16-9-19(27)18(20(28)10-16)11-22(35-3)25(33)34/h4-6,9-11,13-14H,7-8,12H2,1-3H3,(H,33,34)(H,30,31,32)/b22-11+. The second-order valence-corrected chi connectivity index (χ2v) is 10.0. The topological polar surface area (TPSA) is 97.8 Å². The van der Waals surface area contributed by atoms with Gasteiger partial charge in [-0.05, 0) is 36.6 Å². The fraction of sp³-hybridized carbons (Fsp3) is 0.269. The van der Waals surface area contributed by atoms with E-state index in [4.69, 9.17) is 37.8 Å². The van der Waals surface area contributed by atoms with Crippen LogP contribution in [0.1, 0.15) is 41.8 Å². The average Bonchev–Trinajstić information content (AvgIpc) is 3.30. The summed E-state index contributed by atoms with van der Waals surface area (Å²) in [6.45, 7) is 4.90. The Morgan fingerprint density at radius 1 is 1.24 bits per heavy atom. The van der Waals surface area contributed by atoms with Crippen molar-refractivity contribution >= 4 is 57.6 Å². The van der Waals surface area contributed by atoms with Crippen molar-refractivity contribution in [3.05, 3.63) is 74.0 Å². The van der Waals surface area contributed by atoms with E-state index in [1.54, 1.807) is 23.6 Å². The van der Waals surface area contributed by atoms with Gasteiger partial charge in [0, 0.05) is 34.2 Å². The molecule has 2 N–H and O–H groups in total. The van der Waals surface area contributed by atoms with Crippen LogP contribution in [0, 0.1) is 11.7 Å². The Morgan fingerprint density at radius 2 is 1.95 bits per heavy atom. The fourth-order valence-corrected chi connectivity index (χ4v) is 4.51. The number of carbonyl (C=O) groups is 2. The number of aromatic nitrogens is 1. The van der Waals surface area contributed by atoms with E-state index in [1.807, 2.05) is 0 Å². The molecular formula is C26H25Cl2FN2O5S. The minimum absolute atomic E-state index is 0.0581. The van der Waals surface area contributed by atoms with Crippen LogP contribution >= 0.6 is 34.5 Å². The molecular weight excluding hydrogens is 542 g/mol. The third-order valence-electron chi connectivity index (χ3n) is 5.22. The van der Waals surface area contributed by atoms with Gasteiger partial charge in [-0.2, -0.15) is 0 Å². The number of ether oxygens (including phenoxy) is 2. The number of carboxylic acids is 1. The van der Waals surface area contributed by atoms with Crippen LogP contribution in [0.3, 0.4) is 0 Å². The van der Waals surface area contributed by atoms with Crippen molar-refractivity contribution in [2.45, 2.75) is 26.9 Å². The lowest BCUT2D eigenvalue weighted by Crippen LogP contribution is -2.12. The molecule has 1 heterocycles. The summed E-state index contributed by atoms with van der Waals surface area (Å²) in [4.78, 5) is 28.3. The third kappa shape index (κ3) is 7.52. The Morgan fingerprint density at radius 3 is 2.57 bits per heavy atom. The molecule has 0 saturated heterocycles. The van der Waals surface area contributed by atoms with Crippen molar-refractivity contribution in [1.29, 1.82) is 0 Å². The number of anilines is 1. The molecule has 0 saturated carbocycles. The minimum atomic E-state index is -1.29. The highest BCUT2D eigenvalue weighted by molar-refractivity contribution is 7.14. The molecule has 37 heavy (non-hydrogen) atoms. The molecule has 0 spiro atoms. The molecule has 2 aromatic carbocycles. The maximum Gasteiger partial charge on any atom is 0.371 e. The summed E-state index contributed by atoms with van der Waals surface area (Å²) < 4.78 is 25.5. The zero-order chi connectivity index (χ0) is 27.1. The van der Waals surface area contributed by atoms with Gasteiger partial charge in [0.1, 0.15) is 5.82 Å². The zero-order valence-corrected chi connectivity index (χ0v) is 22.6. The number of benzene rings is 2. The molecule has 3 aromatic rings. The predicted octanol–water partition coefficient (Wildman–Crippen LogP) is 7.14. The van der Waals surface area contributed by atoms with Gasteiger partial charge in [-0.15, -0.1) is 11.3 Å². The third-order valence-corrected chi connectivity index (χ3v) is 6.61. The van der Waals surface area contributed by atoms with E-state index in [2.05, 4.69) is 24.1 Å². The number of nitrogens with zero attached hydrogens (tertiary/aromatic N) is 1. The summed E-state index contributed by atoms with van der Waals surface area (Å²) in [5.74, 6) is -2.12. The van der Waals surface area contributed by atoms with Crippen LogP contribution in [0.2, 0.25) is 10.0 Å². The van der Waals surface area contributed by atoms with Crippen molar-refractivity contribution in [2.24, 2.45) is 5.92 Å². The van der Waals surface area contributed by atoms with Crippen LogP contribution in [-0.4, -0.2) is 35.7 Å². The normalized spacial score (nSPS) is 11.6. The molecule has 11 heteroatoms. The lowest BCUT2D eigenvalue weighted by atomic mass is 10.1. The highest BCUT2D eigenvalue weighted by atomic mass is 35.5. The van der Waals surface area contributed by atoms with Gasteiger partial charge >= 0.3 is 5.97 Å². The molecule has 196 valence electrons. The van der Waals surface area contributed by atoms with Crippen molar-refractivity contribution in [3.8, 4) is 11.3 Å². The molecule has 0 radical (unpaired) electrons. The summed E-state index contributed by atoms with van der Waals surface area (Å²) in [6, 6.07) is 7.71. The van der Waals surface area contributed by atoms with Gasteiger partial charge < -0.3 is 14.6 Å². The number of halogens is 3. The summed E-state index contributed by atoms with van der Waals surface area (Å²) >= 11 is 13.6. The highest BCUT2D eigenvalue weighted by Gasteiger charge is 2.18.